The highest BCUT2D eigenvalue weighted by molar-refractivity contribution is 9.10. The van der Waals surface area contributed by atoms with E-state index in [0.29, 0.717) is 12.2 Å². The topological polar surface area (TPSA) is 56.0 Å². The van der Waals surface area contributed by atoms with Gasteiger partial charge in [0.25, 0.3) is 5.56 Å². The lowest BCUT2D eigenvalue weighted by molar-refractivity contribution is 0.655. The maximum Gasteiger partial charge on any atom is 0.330 e. The van der Waals surface area contributed by atoms with E-state index in [1.807, 2.05) is 25.1 Å². The molecule has 0 saturated carbocycles. The fourth-order valence-electron chi connectivity index (χ4n) is 1.92. The zero-order chi connectivity index (χ0) is 14.9. The number of halogens is 1. The van der Waals surface area contributed by atoms with Crippen molar-refractivity contribution in [2.24, 2.45) is 14.1 Å². The summed E-state index contributed by atoms with van der Waals surface area (Å²) in [4.78, 5) is 23.5. The Balaban J connectivity index is 2.30. The molecule has 0 amide bonds. The molecule has 0 aliphatic rings. The number of benzene rings is 1. The van der Waals surface area contributed by atoms with Crippen molar-refractivity contribution in [2.45, 2.75) is 13.5 Å². The van der Waals surface area contributed by atoms with E-state index in [9.17, 15) is 9.59 Å². The van der Waals surface area contributed by atoms with Crippen LogP contribution in [0.2, 0.25) is 0 Å². The fraction of sp³-hybridized carbons (Fsp3) is 0.286. The Morgan fingerprint density at radius 3 is 2.55 bits per heavy atom. The molecule has 0 atom stereocenters. The van der Waals surface area contributed by atoms with Crippen LogP contribution in [-0.2, 0) is 20.6 Å². The van der Waals surface area contributed by atoms with Crippen molar-refractivity contribution in [3.8, 4) is 0 Å². The van der Waals surface area contributed by atoms with Gasteiger partial charge >= 0.3 is 5.69 Å². The predicted octanol–water partition coefficient (Wildman–Crippen LogP) is 1.77. The van der Waals surface area contributed by atoms with Crippen molar-refractivity contribution in [1.82, 2.24) is 9.13 Å². The molecule has 0 radical (unpaired) electrons. The minimum atomic E-state index is -0.319. The van der Waals surface area contributed by atoms with Crippen molar-refractivity contribution in [2.75, 3.05) is 5.32 Å². The number of hydrogen-bond acceptors (Lipinski definition) is 3. The number of anilines is 1. The van der Waals surface area contributed by atoms with Crippen LogP contribution in [0.5, 0.6) is 0 Å². The second kappa shape index (κ2) is 5.66. The minimum Gasteiger partial charge on any atom is -0.379 e. The van der Waals surface area contributed by atoms with Crippen LogP contribution in [0.3, 0.4) is 0 Å². The third-order valence-corrected chi connectivity index (χ3v) is 3.78. The van der Waals surface area contributed by atoms with Crippen molar-refractivity contribution in [3.05, 3.63) is 60.8 Å². The summed E-state index contributed by atoms with van der Waals surface area (Å²) in [5.74, 6) is 0. The summed E-state index contributed by atoms with van der Waals surface area (Å²) in [6.45, 7) is 2.41. The molecule has 0 saturated heterocycles. The van der Waals surface area contributed by atoms with Crippen molar-refractivity contribution < 1.29 is 0 Å². The summed E-state index contributed by atoms with van der Waals surface area (Å²) in [7, 11) is 3.13. The molecular formula is C14H16BrN3O2. The molecule has 0 aliphatic heterocycles. The SMILES string of the molecule is Cc1ccc(Br)cc1NCc1cc(=O)n(C)c(=O)n1C. The van der Waals surface area contributed by atoms with Crippen LogP contribution in [0.15, 0.2) is 38.3 Å². The van der Waals surface area contributed by atoms with E-state index < -0.39 is 0 Å². The normalized spacial score (nSPS) is 10.6. The summed E-state index contributed by atoms with van der Waals surface area (Å²) in [5.41, 5.74) is 2.10. The maximum atomic E-state index is 11.8. The smallest absolute Gasteiger partial charge is 0.330 e. The van der Waals surface area contributed by atoms with Crippen LogP contribution in [0, 0.1) is 6.92 Å². The van der Waals surface area contributed by atoms with Gasteiger partial charge in [0, 0.05) is 36.0 Å². The summed E-state index contributed by atoms with van der Waals surface area (Å²) in [6.07, 6.45) is 0. The van der Waals surface area contributed by atoms with Crippen LogP contribution in [0.1, 0.15) is 11.3 Å². The van der Waals surface area contributed by atoms with E-state index in [0.717, 1.165) is 20.3 Å². The maximum absolute atomic E-state index is 11.8. The van der Waals surface area contributed by atoms with Crippen LogP contribution in [0.4, 0.5) is 5.69 Å². The Kier molecular flexibility index (Phi) is 4.13. The number of aromatic nitrogens is 2. The monoisotopic (exact) mass is 337 g/mol. The molecular weight excluding hydrogens is 322 g/mol. The van der Waals surface area contributed by atoms with Gasteiger partial charge in [-0.2, -0.15) is 0 Å². The summed E-state index contributed by atoms with van der Waals surface area (Å²) < 4.78 is 3.54. The largest absolute Gasteiger partial charge is 0.379 e. The predicted molar refractivity (Wildman–Crippen MR) is 83.1 cm³/mol. The van der Waals surface area contributed by atoms with E-state index in [1.54, 1.807) is 7.05 Å². The molecule has 1 aromatic carbocycles. The van der Waals surface area contributed by atoms with Gasteiger partial charge in [-0.15, -0.1) is 0 Å². The zero-order valence-electron chi connectivity index (χ0n) is 11.6. The highest BCUT2D eigenvalue weighted by atomic mass is 79.9. The third kappa shape index (κ3) is 2.85. The molecule has 2 aromatic rings. The number of hydrogen-bond donors (Lipinski definition) is 1. The number of rotatable bonds is 3. The molecule has 0 bridgehead atoms. The first-order valence-corrected chi connectivity index (χ1v) is 6.95. The van der Waals surface area contributed by atoms with E-state index in [2.05, 4.69) is 21.2 Å². The Bertz CT molecular complexity index is 762. The van der Waals surface area contributed by atoms with Gasteiger partial charge < -0.3 is 5.32 Å². The molecule has 20 heavy (non-hydrogen) atoms. The molecule has 1 heterocycles. The van der Waals surface area contributed by atoms with E-state index >= 15 is 0 Å². The molecule has 2 rings (SSSR count). The van der Waals surface area contributed by atoms with E-state index in [4.69, 9.17) is 0 Å². The second-order valence-electron chi connectivity index (χ2n) is 4.69. The van der Waals surface area contributed by atoms with Gasteiger partial charge in [-0.3, -0.25) is 13.9 Å². The second-order valence-corrected chi connectivity index (χ2v) is 5.60. The van der Waals surface area contributed by atoms with Crippen LogP contribution < -0.4 is 16.6 Å². The summed E-state index contributed by atoms with van der Waals surface area (Å²) >= 11 is 3.42. The Labute approximate surface area is 125 Å². The van der Waals surface area contributed by atoms with Gasteiger partial charge in [0.2, 0.25) is 0 Å². The van der Waals surface area contributed by atoms with Gasteiger partial charge in [0.15, 0.2) is 0 Å². The molecule has 5 nitrogen and oxygen atoms in total. The van der Waals surface area contributed by atoms with Gasteiger partial charge in [0.1, 0.15) is 0 Å². The van der Waals surface area contributed by atoms with Crippen molar-refractivity contribution >= 4 is 21.6 Å². The molecule has 0 unspecified atom stereocenters. The van der Waals surface area contributed by atoms with Crippen molar-refractivity contribution in [1.29, 1.82) is 0 Å². The molecule has 1 aromatic heterocycles. The van der Waals surface area contributed by atoms with Crippen molar-refractivity contribution in [3.63, 3.8) is 0 Å². The van der Waals surface area contributed by atoms with Crippen LogP contribution in [-0.4, -0.2) is 9.13 Å². The van der Waals surface area contributed by atoms with E-state index in [-0.39, 0.29) is 11.2 Å². The molecule has 6 heteroatoms. The standard InChI is InChI=1S/C14H16BrN3O2/c1-9-4-5-10(15)6-12(9)16-8-11-7-13(19)18(3)14(20)17(11)2/h4-7,16H,8H2,1-3H3. The molecule has 0 aliphatic carbocycles. The molecule has 1 N–H and O–H groups in total. The third-order valence-electron chi connectivity index (χ3n) is 3.28. The van der Waals surface area contributed by atoms with Gasteiger partial charge in [-0.1, -0.05) is 22.0 Å². The lowest BCUT2D eigenvalue weighted by atomic mass is 10.2. The first-order chi connectivity index (χ1) is 9.40. The average Bonchev–Trinajstić information content (AvgIpc) is 2.42. The van der Waals surface area contributed by atoms with E-state index in [1.165, 1.54) is 17.7 Å². The highest BCUT2D eigenvalue weighted by Gasteiger charge is 2.06. The van der Waals surface area contributed by atoms with Crippen LogP contribution in [0.25, 0.3) is 0 Å². The van der Waals surface area contributed by atoms with Crippen LogP contribution >= 0.6 is 15.9 Å². The first kappa shape index (κ1) is 14.6. The van der Waals surface area contributed by atoms with Gasteiger partial charge in [-0.25, -0.2) is 4.79 Å². The minimum absolute atomic E-state index is 0.295. The number of aryl methyl sites for hydroxylation is 1. The van der Waals surface area contributed by atoms with Gasteiger partial charge in [0.05, 0.1) is 6.54 Å². The summed E-state index contributed by atoms with van der Waals surface area (Å²) in [6, 6.07) is 7.40. The lowest BCUT2D eigenvalue weighted by Gasteiger charge is -2.13. The quantitative estimate of drug-likeness (QED) is 0.928. The Morgan fingerprint density at radius 1 is 1.15 bits per heavy atom. The molecule has 106 valence electrons. The molecule has 0 fully saturated rings. The molecule has 0 spiro atoms. The summed E-state index contributed by atoms with van der Waals surface area (Å²) in [5, 5.41) is 3.25. The highest BCUT2D eigenvalue weighted by Crippen LogP contribution is 2.20. The number of nitrogens with zero attached hydrogens (tertiary/aromatic N) is 2. The lowest BCUT2D eigenvalue weighted by Crippen LogP contribution is -2.38. The van der Waals surface area contributed by atoms with Gasteiger partial charge in [-0.05, 0) is 24.6 Å². The Hall–Kier alpha value is -1.82. The first-order valence-electron chi connectivity index (χ1n) is 6.16. The average molecular weight is 338 g/mol. The Morgan fingerprint density at radius 2 is 1.85 bits per heavy atom. The zero-order valence-corrected chi connectivity index (χ0v) is 13.2. The fourth-order valence-corrected chi connectivity index (χ4v) is 2.28. The number of nitrogens with one attached hydrogen (secondary N) is 1.